The number of rotatable bonds is 1. The lowest BCUT2D eigenvalue weighted by Gasteiger charge is -2.50. The van der Waals surface area contributed by atoms with E-state index < -0.39 is 5.41 Å². The van der Waals surface area contributed by atoms with Crippen LogP contribution in [0.4, 0.5) is 0 Å². The Kier molecular flexibility index (Phi) is 2.79. The van der Waals surface area contributed by atoms with E-state index in [2.05, 4.69) is 20.8 Å². The Labute approximate surface area is 120 Å². The molecule has 0 aromatic rings. The van der Waals surface area contributed by atoms with Gasteiger partial charge in [0.2, 0.25) is 5.91 Å². The van der Waals surface area contributed by atoms with Gasteiger partial charge in [-0.15, -0.1) is 0 Å². The van der Waals surface area contributed by atoms with Crippen molar-refractivity contribution in [3.63, 3.8) is 0 Å². The number of nitrogens with zero attached hydrogens (tertiary/aromatic N) is 1. The summed E-state index contributed by atoms with van der Waals surface area (Å²) in [5, 5.41) is 0. The SMILES string of the molecule is CC1(C)[C@]2(C)CC[C@]1(C(=O)N1C=CCCC1)C(=O)OC2. The highest BCUT2D eigenvalue weighted by atomic mass is 16.5. The summed E-state index contributed by atoms with van der Waals surface area (Å²) in [7, 11) is 0. The third-order valence-electron chi connectivity index (χ3n) is 6.18. The molecule has 2 heterocycles. The van der Waals surface area contributed by atoms with Gasteiger partial charge in [0, 0.05) is 18.2 Å². The molecule has 4 heteroatoms. The van der Waals surface area contributed by atoms with Gasteiger partial charge >= 0.3 is 5.97 Å². The van der Waals surface area contributed by atoms with Gasteiger partial charge in [-0.2, -0.15) is 0 Å². The summed E-state index contributed by atoms with van der Waals surface area (Å²) < 4.78 is 5.41. The molecule has 0 unspecified atom stereocenters. The van der Waals surface area contributed by atoms with Crippen molar-refractivity contribution in [3.05, 3.63) is 12.3 Å². The lowest BCUT2D eigenvalue weighted by molar-refractivity contribution is -0.192. The van der Waals surface area contributed by atoms with Gasteiger partial charge in [0.25, 0.3) is 0 Å². The molecule has 3 aliphatic rings. The fraction of sp³-hybridized carbons (Fsp3) is 0.750. The first-order valence-corrected chi connectivity index (χ1v) is 7.50. The highest BCUT2D eigenvalue weighted by molar-refractivity contribution is 6.05. The summed E-state index contributed by atoms with van der Waals surface area (Å²) in [6.07, 6.45) is 7.29. The predicted molar refractivity (Wildman–Crippen MR) is 74.6 cm³/mol. The zero-order valence-corrected chi connectivity index (χ0v) is 12.6. The van der Waals surface area contributed by atoms with Crippen LogP contribution in [0.3, 0.4) is 0 Å². The molecule has 1 aliphatic carbocycles. The Hall–Kier alpha value is -1.32. The topological polar surface area (TPSA) is 46.6 Å². The molecule has 1 saturated carbocycles. The lowest BCUT2D eigenvalue weighted by Crippen LogP contribution is -2.60. The standard InChI is InChI=1S/C16H23NO3/c1-14(2)15(3)7-8-16(14,13(19)20-11-15)12(18)17-9-5-4-6-10-17/h5,9H,4,6-8,10-11H2,1-3H3/t15-,16+/m1/s1. The molecule has 2 bridgehead atoms. The molecule has 1 amide bonds. The summed E-state index contributed by atoms with van der Waals surface area (Å²) in [5.74, 6) is -0.381. The van der Waals surface area contributed by atoms with Crippen LogP contribution in [0.25, 0.3) is 0 Å². The van der Waals surface area contributed by atoms with Crippen LogP contribution >= 0.6 is 0 Å². The highest BCUT2D eigenvalue weighted by Crippen LogP contribution is 2.66. The Morgan fingerprint density at radius 2 is 2.05 bits per heavy atom. The van der Waals surface area contributed by atoms with Crippen molar-refractivity contribution in [2.24, 2.45) is 16.2 Å². The highest BCUT2D eigenvalue weighted by Gasteiger charge is 2.72. The predicted octanol–water partition coefficient (Wildman–Crippen LogP) is 2.49. The van der Waals surface area contributed by atoms with Crippen molar-refractivity contribution < 1.29 is 14.3 Å². The smallest absolute Gasteiger partial charge is 0.322 e. The third kappa shape index (κ3) is 1.42. The Morgan fingerprint density at radius 1 is 1.30 bits per heavy atom. The second-order valence-electron chi connectivity index (χ2n) is 7.19. The number of ether oxygens (including phenoxy) is 1. The number of allylic oxidation sites excluding steroid dienone is 1. The van der Waals surface area contributed by atoms with Crippen LogP contribution in [0, 0.1) is 16.2 Å². The molecule has 0 aromatic carbocycles. The summed E-state index contributed by atoms with van der Waals surface area (Å²) >= 11 is 0. The number of carbonyl (C=O) groups excluding carboxylic acids is 2. The largest absolute Gasteiger partial charge is 0.464 e. The first-order valence-electron chi connectivity index (χ1n) is 7.50. The van der Waals surface area contributed by atoms with Crippen LogP contribution < -0.4 is 0 Å². The minimum atomic E-state index is -0.998. The zero-order valence-electron chi connectivity index (χ0n) is 12.6. The van der Waals surface area contributed by atoms with Crippen LogP contribution in [0.15, 0.2) is 12.3 Å². The van der Waals surface area contributed by atoms with Crippen molar-refractivity contribution in [1.29, 1.82) is 0 Å². The van der Waals surface area contributed by atoms with Gasteiger partial charge in [-0.1, -0.05) is 26.8 Å². The normalized spacial score (nSPS) is 38.8. The van der Waals surface area contributed by atoms with Crippen LogP contribution in [0.5, 0.6) is 0 Å². The Bertz CT molecular complexity index is 496. The molecule has 4 nitrogen and oxygen atoms in total. The van der Waals surface area contributed by atoms with Crippen LogP contribution in [0.2, 0.25) is 0 Å². The average molecular weight is 277 g/mol. The maximum Gasteiger partial charge on any atom is 0.322 e. The van der Waals surface area contributed by atoms with Crippen LogP contribution in [0.1, 0.15) is 46.5 Å². The molecule has 20 heavy (non-hydrogen) atoms. The van der Waals surface area contributed by atoms with Crippen molar-refractivity contribution in [3.8, 4) is 0 Å². The minimum Gasteiger partial charge on any atom is -0.464 e. The van der Waals surface area contributed by atoms with Gasteiger partial charge in [0.1, 0.15) is 0 Å². The first-order chi connectivity index (χ1) is 9.35. The molecule has 2 aliphatic heterocycles. The molecule has 1 saturated heterocycles. The molecule has 0 aromatic heterocycles. The summed E-state index contributed by atoms with van der Waals surface area (Å²) in [6, 6.07) is 0. The van der Waals surface area contributed by atoms with E-state index >= 15 is 0 Å². The second kappa shape index (κ2) is 4.09. The number of fused-ring (bicyclic) bond motifs is 2. The molecule has 3 rings (SSSR count). The maximum absolute atomic E-state index is 13.1. The molecular weight excluding hydrogens is 254 g/mol. The lowest BCUT2D eigenvalue weighted by atomic mass is 9.57. The van der Waals surface area contributed by atoms with Gasteiger partial charge in [-0.3, -0.25) is 9.59 Å². The van der Waals surface area contributed by atoms with Crippen molar-refractivity contribution in [1.82, 2.24) is 4.90 Å². The number of amides is 1. The molecule has 2 fully saturated rings. The van der Waals surface area contributed by atoms with Crippen LogP contribution in [-0.2, 0) is 14.3 Å². The van der Waals surface area contributed by atoms with E-state index in [1.54, 1.807) is 4.90 Å². The fourth-order valence-electron chi connectivity index (χ4n) is 4.09. The van der Waals surface area contributed by atoms with Crippen LogP contribution in [-0.4, -0.2) is 29.9 Å². The van der Waals surface area contributed by atoms with Crippen molar-refractivity contribution >= 4 is 11.9 Å². The van der Waals surface area contributed by atoms with E-state index in [1.165, 1.54) is 0 Å². The Balaban J connectivity index is 2.04. The summed E-state index contributed by atoms with van der Waals surface area (Å²) in [6.45, 7) is 7.40. The molecule has 0 radical (unpaired) electrons. The molecule has 0 N–H and O–H groups in total. The molecule has 110 valence electrons. The van der Waals surface area contributed by atoms with Crippen molar-refractivity contribution in [2.75, 3.05) is 13.2 Å². The van der Waals surface area contributed by atoms with E-state index in [9.17, 15) is 9.59 Å². The quantitative estimate of drug-likeness (QED) is 0.546. The Morgan fingerprint density at radius 3 is 2.70 bits per heavy atom. The van der Waals surface area contributed by atoms with Gasteiger partial charge in [0.15, 0.2) is 5.41 Å². The van der Waals surface area contributed by atoms with Gasteiger partial charge in [0.05, 0.1) is 6.61 Å². The molecule has 0 spiro atoms. The minimum absolute atomic E-state index is 0.0631. The summed E-state index contributed by atoms with van der Waals surface area (Å²) in [5.41, 5.74) is -1.46. The maximum atomic E-state index is 13.1. The second-order valence-corrected chi connectivity index (χ2v) is 7.19. The van der Waals surface area contributed by atoms with Gasteiger partial charge in [-0.05, 0) is 31.1 Å². The number of hydrogen-bond acceptors (Lipinski definition) is 3. The van der Waals surface area contributed by atoms with E-state index in [4.69, 9.17) is 4.74 Å². The number of carbonyl (C=O) groups is 2. The molecular formula is C16H23NO3. The monoisotopic (exact) mass is 277 g/mol. The van der Waals surface area contributed by atoms with Gasteiger partial charge in [-0.25, -0.2) is 0 Å². The number of hydrogen-bond donors (Lipinski definition) is 0. The van der Waals surface area contributed by atoms with E-state index in [-0.39, 0.29) is 22.7 Å². The van der Waals surface area contributed by atoms with E-state index in [0.29, 0.717) is 19.6 Å². The third-order valence-corrected chi connectivity index (χ3v) is 6.18. The van der Waals surface area contributed by atoms with E-state index in [1.807, 2.05) is 12.3 Å². The number of esters is 1. The van der Waals surface area contributed by atoms with Gasteiger partial charge < -0.3 is 9.64 Å². The number of cyclic esters (lactones) is 1. The first kappa shape index (κ1) is 13.7. The van der Waals surface area contributed by atoms with E-state index in [0.717, 1.165) is 19.3 Å². The summed E-state index contributed by atoms with van der Waals surface area (Å²) in [4.78, 5) is 27.3. The zero-order chi connectivity index (χ0) is 14.6. The van der Waals surface area contributed by atoms with Crippen molar-refractivity contribution in [2.45, 2.75) is 46.5 Å². The fourth-order valence-corrected chi connectivity index (χ4v) is 4.09. The average Bonchev–Trinajstić information content (AvgIpc) is 2.56. The molecule has 2 atom stereocenters.